The molecule has 3 heteroatoms. The van der Waals surface area contributed by atoms with Gasteiger partial charge in [-0.1, -0.05) is 20.8 Å². The molecule has 0 radical (unpaired) electrons. The molecule has 82 valence electrons. The number of hydrogen-bond acceptors (Lipinski definition) is 2. The summed E-state index contributed by atoms with van der Waals surface area (Å²) >= 11 is 0. The highest BCUT2D eigenvalue weighted by molar-refractivity contribution is 5.78. The van der Waals surface area contributed by atoms with E-state index in [9.17, 15) is 4.79 Å². The lowest BCUT2D eigenvalue weighted by Gasteiger charge is -2.21. The average molecular weight is 198 g/mol. The number of nitrogens with one attached hydrogen (secondary N) is 1. The normalized spacial score (nSPS) is 19.4. The van der Waals surface area contributed by atoms with Crippen molar-refractivity contribution in [2.45, 2.75) is 39.7 Å². The van der Waals surface area contributed by atoms with Gasteiger partial charge in [-0.2, -0.15) is 0 Å². The Hall–Kier alpha value is -0.570. The maximum absolute atomic E-state index is 11.4. The second-order valence-corrected chi connectivity index (χ2v) is 4.61. The molecule has 0 aliphatic carbocycles. The van der Waals surface area contributed by atoms with Gasteiger partial charge in [0.1, 0.15) is 0 Å². The molecule has 1 atom stereocenters. The number of amides is 1. The van der Waals surface area contributed by atoms with E-state index in [1.54, 1.807) is 0 Å². The largest absolute Gasteiger partial charge is 0.342 e. The highest BCUT2D eigenvalue weighted by atomic mass is 16.2. The molecule has 1 fully saturated rings. The van der Waals surface area contributed by atoms with Gasteiger partial charge >= 0.3 is 0 Å². The average Bonchev–Trinajstić information content (AvgIpc) is 2.49. The smallest absolute Gasteiger partial charge is 0.222 e. The molecule has 0 aromatic carbocycles. The van der Waals surface area contributed by atoms with Crippen molar-refractivity contribution in [1.82, 2.24) is 10.2 Å². The van der Waals surface area contributed by atoms with E-state index in [2.05, 4.69) is 26.1 Å². The number of nitrogens with zero attached hydrogens (tertiary/aromatic N) is 1. The molecular formula is C11H22N2O. The summed E-state index contributed by atoms with van der Waals surface area (Å²) in [6, 6.07) is 0.534. The van der Waals surface area contributed by atoms with Crippen molar-refractivity contribution in [2.75, 3.05) is 19.6 Å². The zero-order valence-corrected chi connectivity index (χ0v) is 9.55. The van der Waals surface area contributed by atoms with Crippen molar-refractivity contribution < 1.29 is 4.79 Å². The van der Waals surface area contributed by atoms with E-state index in [4.69, 9.17) is 0 Å². The van der Waals surface area contributed by atoms with Crippen LogP contribution in [0, 0.1) is 5.92 Å². The number of carbonyl (C=O) groups excluding carboxylic acids is 1. The van der Waals surface area contributed by atoms with E-state index in [1.165, 1.54) is 0 Å². The summed E-state index contributed by atoms with van der Waals surface area (Å²) in [6.45, 7) is 9.37. The van der Waals surface area contributed by atoms with Crippen LogP contribution in [-0.4, -0.2) is 36.5 Å². The first-order chi connectivity index (χ1) is 6.59. The van der Waals surface area contributed by atoms with Crippen molar-refractivity contribution in [2.24, 2.45) is 5.92 Å². The third kappa shape index (κ3) is 3.66. The summed E-state index contributed by atoms with van der Waals surface area (Å²) < 4.78 is 0. The van der Waals surface area contributed by atoms with Crippen LogP contribution >= 0.6 is 0 Å². The number of rotatable bonds is 5. The topological polar surface area (TPSA) is 32.3 Å². The van der Waals surface area contributed by atoms with Crippen molar-refractivity contribution in [3.05, 3.63) is 0 Å². The maximum atomic E-state index is 11.4. The van der Waals surface area contributed by atoms with E-state index in [-0.39, 0.29) is 0 Å². The number of carbonyl (C=O) groups is 1. The van der Waals surface area contributed by atoms with Crippen LogP contribution in [0.15, 0.2) is 0 Å². The predicted octanol–water partition coefficient (Wildman–Crippen LogP) is 1.24. The monoisotopic (exact) mass is 198 g/mol. The van der Waals surface area contributed by atoms with Crippen LogP contribution in [0.4, 0.5) is 0 Å². The van der Waals surface area contributed by atoms with E-state index in [1.807, 2.05) is 4.90 Å². The Kier molecular flexibility index (Phi) is 4.39. The van der Waals surface area contributed by atoms with Gasteiger partial charge < -0.3 is 10.2 Å². The van der Waals surface area contributed by atoms with Gasteiger partial charge in [0, 0.05) is 25.6 Å². The second-order valence-electron chi connectivity index (χ2n) is 4.61. The van der Waals surface area contributed by atoms with Crippen LogP contribution < -0.4 is 5.32 Å². The lowest BCUT2D eigenvalue weighted by molar-refractivity contribution is -0.128. The molecule has 1 saturated heterocycles. The van der Waals surface area contributed by atoms with Crippen LogP contribution in [0.25, 0.3) is 0 Å². The van der Waals surface area contributed by atoms with Crippen LogP contribution in [0.3, 0.4) is 0 Å². The second kappa shape index (κ2) is 5.35. The van der Waals surface area contributed by atoms with Crippen LogP contribution in [-0.2, 0) is 4.79 Å². The summed E-state index contributed by atoms with van der Waals surface area (Å²) in [7, 11) is 0. The van der Waals surface area contributed by atoms with Crippen molar-refractivity contribution in [3.63, 3.8) is 0 Å². The number of hydrogen-bond donors (Lipinski definition) is 1. The molecule has 14 heavy (non-hydrogen) atoms. The molecule has 0 spiro atoms. The van der Waals surface area contributed by atoms with E-state index in [0.717, 1.165) is 32.5 Å². The first-order valence-corrected chi connectivity index (χ1v) is 5.60. The highest BCUT2D eigenvalue weighted by Gasteiger charge is 2.21. The molecule has 1 aliphatic heterocycles. The summed E-state index contributed by atoms with van der Waals surface area (Å²) in [4.78, 5) is 13.3. The zero-order valence-electron chi connectivity index (χ0n) is 9.55. The molecule has 0 aromatic rings. The van der Waals surface area contributed by atoms with Crippen molar-refractivity contribution in [1.29, 1.82) is 0 Å². The highest BCUT2D eigenvalue weighted by Crippen LogP contribution is 2.11. The maximum Gasteiger partial charge on any atom is 0.222 e. The summed E-state index contributed by atoms with van der Waals surface area (Å²) in [5.74, 6) is 0.890. The first kappa shape index (κ1) is 11.5. The van der Waals surface area contributed by atoms with E-state index >= 15 is 0 Å². The zero-order chi connectivity index (χ0) is 10.6. The number of likely N-dealkylation sites (tertiary alicyclic amines) is 1. The van der Waals surface area contributed by atoms with Gasteiger partial charge in [-0.05, 0) is 18.9 Å². The minimum absolute atomic E-state index is 0.335. The SMILES string of the molecule is CC(CNC(C)C)CN1CCCC1=O. The third-order valence-corrected chi connectivity index (χ3v) is 2.58. The predicted molar refractivity (Wildman–Crippen MR) is 58.1 cm³/mol. The Morgan fingerprint density at radius 3 is 2.64 bits per heavy atom. The molecule has 0 aromatic heterocycles. The summed E-state index contributed by atoms with van der Waals surface area (Å²) in [5, 5.41) is 3.40. The Bertz CT molecular complexity index is 192. The van der Waals surface area contributed by atoms with Crippen LogP contribution in [0.5, 0.6) is 0 Å². The van der Waals surface area contributed by atoms with Gasteiger partial charge in [0.05, 0.1) is 0 Å². The summed E-state index contributed by atoms with van der Waals surface area (Å²) in [6.07, 6.45) is 1.80. The Labute approximate surface area is 86.9 Å². The minimum atomic E-state index is 0.335. The standard InChI is InChI=1S/C11H22N2O/c1-9(2)12-7-10(3)8-13-6-4-5-11(13)14/h9-10,12H,4-8H2,1-3H3. The van der Waals surface area contributed by atoms with Crippen molar-refractivity contribution >= 4 is 5.91 Å². The molecular weight excluding hydrogens is 176 g/mol. The lowest BCUT2D eigenvalue weighted by Crippen LogP contribution is -2.36. The fraction of sp³-hybridized carbons (Fsp3) is 0.909. The summed E-state index contributed by atoms with van der Waals surface area (Å²) in [5.41, 5.74) is 0. The third-order valence-electron chi connectivity index (χ3n) is 2.58. The Morgan fingerprint density at radius 2 is 2.14 bits per heavy atom. The van der Waals surface area contributed by atoms with Gasteiger partial charge in [-0.25, -0.2) is 0 Å². The van der Waals surface area contributed by atoms with Gasteiger partial charge in [0.25, 0.3) is 0 Å². The Balaban J connectivity index is 2.19. The molecule has 3 nitrogen and oxygen atoms in total. The first-order valence-electron chi connectivity index (χ1n) is 5.60. The molecule has 0 bridgehead atoms. The fourth-order valence-corrected chi connectivity index (χ4v) is 1.77. The van der Waals surface area contributed by atoms with Gasteiger partial charge in [-0.3, -0.25) is 4.79 Å². The van der Waals surface area contributed by atoms with Crippen molar-refractivity contribution in [3.8, 4) is 0 Å². The molecule has 1 rings (SSSR count). The van der Waals surface area contributed by atoms with Crippen LogP contribution in [0.2, 0.25) is 0 Å². The lowest BCUT2D eigenvalue weighted by atomic mass is 10.1. The van der Waals surface area contributed by atoms with Gasteiger partial charge in [-0.15, -0.1) is 0 Å². The molecule has 1 amide bonds. The van der Waals surface area contributed by atoms with Crippen LogP contribution in [0.1, 0.15) is 33.6 Å². The van der Waals surface area contributed by atoms with Gasteiger partial charge in [0.15, 0.2) is 0 Å². The van der Waals surface area contributed by atoms with Gasteiger partial charge in [0.2, 0.25) is 5.91 Å². The fourth-order valence-electron chi connectivity index (χ4n) is 1.77. The molecule has 1 N–H and O–H groups in total. The van der Waals surface area contributed by atoms with E-state index < -0.39 is 0 Å². The molecule has 0 saturated carbocycles. The molecule has 1 unspecified atom stereocenters. The molecule has 1 heterocycles. The quantitative estimate of drug-likeness (QED) is 0.721. The molecule has 1 aliphatic rings. The Morgan fingerprint density at radius 1 is 1.43 bits per heavy atom. The van der Waals surface area contributed by atoms with E-state index in [0.29, 0.717) is 17.9 Å². The minimum Gasteiger partial charge on any atom is -0.342 e.